The quantitative estimate of drug-likeness (QED) is 0.648. The summed E-state index contributed by atoms with van der Waals surface area (Å²) in [5.74, 6) is -5.39. The van der Waals surface area contributed by atoms with Gasteiger partial charge in [0.15, 0.2) is 17.5 Å². The Bertz CT molecular complexity index is 1040. The van der Waals surface area contributed by atoms with Crippen molar-refractivity contribution in [2.24, 2.45) is 0 Å². The number of carbonyl (C=O) groups excluding carboxylic acids is 1. The molecule has 3 rings (SSSR count). The highest BCUT2D eigenvalue weighted by atomic mass is 35.5. The lowest BCUT2D eigenvalue weighted by Gasteiger charge is -2.34. The number of benzene rings is 2. The molecule has 1 saturated heterocycles. The van der Waals surface area contributed by atoms with Crippen LogP contribution in [0.3, 0.4) is 0 Å². The van der Waals surface area contributed by atoms with E-state index in [-0.39, 0.29) is 38.5 Å². The molecule has 1 amide bonds. The number of amides is 1. The van der Waals surface area contributed by atoms with Crippen LogP contribution in [0.4, 0.5) is 13.2 Å². The van der Waals surface area contributed by atoms with Crippen molar-refractivity contribution in [2.75, 3.05) is 26.2 Å². The van der Waals surface area contributed by atoms with Crippen molar-refractivity contribution in [2.45, 2.75) is 11.3 Å². The molecule has 11 heteroatoms. The van der Waals surface area contributed by atoms with Gasteiger partial charge in [-0.25, -0.2) is 21.6 Å². The Morgan fingerprint density at radius 2 is 1.52 bits per heavy atom. The van der Waals surface area contributed by atoms with Crippen molar-refractivity contribution in [1.29, 1.82) is 0 Å². The Balaban J connectivity index is 1.70. The maximum atomic E-state index is 13.9. The van der Waals surface area contributed by atoms with Gasteiger partial charge < -0.3 is 4.90 Å². The smallest absolute Gasteiger partial charge is 0.246 e. The highest BCUT2D eigenvalue weighted by molar-refractivity contribution is 7.89. The zero-order valence-electron chi connectivity index (χ0n) is 14.8. The predicted molar refractivity (Wildman–Crippen MR) is 102 cm³/mol. The predicted octanol–water partition coefficient (Wildman–Crippen LogP) is 3.49. The Morgan fingerprint density at radius 3 is 2.10 bits per heavy atom. The van der Waals surface area contributed by atoms with Gasteiger partial charge in [-0.05, 0) is 29.8 Å². The maximum Gasteiger partial charge on any atom is 0.246 e. The molecule has 0 bridgehead atoms. The summed E-state index contributed by atoms with van der Waals surface area (Å²) >= 11 is 12.1. The van der Waals surface area contributed by atoms with E-state index in [2.05, 4.69) is 0 Å². The van der Waals surface area contributed by atoms with Gasteiger partial charge in [-0.2, -0.15) is 4.31 Å². The molecule has 29 heavy (non-hydrogen) atoms. The van der Waals surface area contributed by atoms with Crippen molar-refractivity contribution in [3.63, 3.8) is 0 Å². The first-order valence-corrected chi connectivity index (χ1v) is 10.7. The van der Waals surface area contributed by atoms with E-state index in [0.717, 1.165) is 4.31 Å². The SMILES string of the molecule is O=C(Cc1c(Cl)cccc1Cl)N1CCN(S(=O)(=O)c2ccc(F)c(F)c2F)CC1. The molecule has 2 aromatic rings. The van der Waals surface area contributed by atoms with Crippen LogP contribution in [-0.4, -0.2) is 49.7 Å². The zero-order valence-corrected chi connectivity index (χ0v) is 17.2. The van der Waals surface area contributed by atoms with E-state index >= 15 is 0 Å². The molecule has 0 aliphatic carbocycles. The molecular weight excluding hydrogens is 452 g/mol. The van der Waals surface area contributed by atoms with Crippen molar-refractivity contribution >= 4 is 39.1 Å². The average molecular weight is 467 g/mol. The number of carbonyl (C=O) groups is 1. The largest absolute Gasteiger partial charge is 0.340 e. The van der Waals surface area contributed by atoms with Gasteiger partial charge in [0, 0.05) is 36.2 Å². The second-order valence-electron chi connectivity index (χ2n) is 6.34. The number of hydrogen-bond acceptors (Lipinski definition) is 3. The fourth-order valence-electron chi connectivity index (χ4n) is 2.99. The number of nitrogens with zero attached hydrogens (tertiary/aromatic N) is 2. The summed E-state index contributed by atoms with van der Waals surface area (Å²) in [5, 5.41) is 0.696. The van der Waals surface area contributed by atoms with Gasteiger partial charge in [0.2, 0.25) is 15.9 Å². The molecule has 5 nitrogen and oxygen atoms in total. The van der Waals surface area contributed by atoms with E-state index in [1.165, 1.54) is 4.90 Å². The topological polar surface area (TPSA) is 57.7 Å². The molecule has 1 aliphatic rings. The molecule has 1 fully saturated rings. The minimum absolute atomic E-state index is 0.0471. The molecule has 1 aliphatic heterocycles. The van der Waals surface area contributed by atoms with Gasteiger partial charge in [0.05, 0.1) is 6.42 Å². The molecule has 0 saturated carbocycles. The highest BCUT2D eigenvalue weighted by Crippen LogP contribution is 2.26. The van der Waals surface area contributed by atoms with Crippen LogP contribution >= 0.6 is 23.2 Å². The number of rotatable bonds is 4. The number of hydrogen-bond donors (Lipinski definition) is 0. The van der Waals surface area contributed by atoms with Crippen molar-refractivity contribution < 1.29 is 26.4 Å². The van der Waals surface area contributed by atoms with Crippen LogP contribution in [0.1, 0.15) is 5.56 Å². The third kappa shape index (κ3) is 4.37. The van der Waals surface area contributed by atoms with Crippen LogP contribution < -0.4 is 0 Å². The third-order valence-corrected chi connectivity index (χ3v) is 7.22. The first kappa shape index (κ1) is 21.9. The van der Waals surface area contributed by atoms with E-state index in [1.807, 2.05) is 0 Å². The lowest BCUT2D eigenvalue weighted by molar-refractivity contribution is -0.131. The fraction of sp³-hybridized carbons (Fsp3) is 0.278. The Hall–Kier alpha value is -1.81. The lowest BCUT2D eigenvalue weighted by atomic mass is 10.1. The fourth-order valence-corrected chi connectivity index (χ4v) is 5.00. The maximum absolute atomic E-state index is 13.9. The van der Waals surface area contributed by atoms with E-state index in [4.69, 9.17) is 23.2 Å². The summed E-state index contributed by atoms with van der Waals surface area (Å²) in [7, 11) is -4.38. The standard InChI is InChI=1S/C18H15Cl2F3N2O3S/c19-12-2-1-3-13(20)11(12)10-16(26)24-6-8-25(9-7-24)29(27,28)15-5-4-14(21)17(22)18(15)23/h1-5H,6-10H2. The Morgan fingerprint density at radius 1 is 0.931 bits per heavy atom. The molecule has 156 valence electrons. The molecule has 2 aromatic carbocycles. The first-order chi connectivity index (χ1) is 13.6. The summed E-state index contributed by atoms with van der Waals surface area (Å²) in [6, 6.07) is 6.10. The van der Waals surface area contributed by atoms with Crippen LogP contribution in [0.15, 0.2) is 35.2 Å². The lowest BCUT2D eigenvalue weighted by Crippen LogP contribution is -2.51. The van der Waals surface area contributed by atoms with Gasteiger partial charge in [0.25, 0.3) is 0 Å². The highest BCUT2D eigenvalue weighted by Gasteiger charge is 2.33. The molecular formula is C18H15Cl2F3N2O3S. The first-order valence-electron chi connectivity index (χ1n) is 8.47. The van der Waals surface area contributed by atoms with Gasteiger partial charge in [-0.15, -0.1) is 0 Å². The van der Waals surface area contributed by atoms with Gasteiger partial charge in [0.1, 0.15) is 4.90 Å². The van der Waals surface area contributed by atoms with E-state index < -0.39 is 32.4 Å². The zero-order chi connectivity index (χ0) is 21.3. The Kier molecular flexibility index (Phi) is 6.42. The van der Waals surface area contributed by atoms with Crippen LogP contribution in [0.5, 0.6) is 0 Å². The van der Waals surface area contributed by atoms with Crippen molar-refractivity contribution in [3.05, 3.63) is 63.4 Å². The second-order valence-corrected chi connectivity index (χ2v) is 9.06. The van der Waals surface area contributed by atoms with Crippen molar-refractivity contribution in [1.82, 2.24) is 9.21 Å². The van der Waals surface area contributed by atoms with Crippen LogP contribution in [0, 0.1) is 17.5 Å². The van der Waals surface area contributed by atoms with E-state index in [9.17, 15) is 26.4 Å². The minimum atomic E-state index is -4.38. The normalized spacial score (nSPS) is 15.6. The molecule has 0 spiro atoms. The summed E-state index contributed by atoms with van der Waals surface area (Å²) < 4.78 is 66.5. The molecule has 0 aromatic heterocycles. The molecule has 0 unspecified atom stereocenters. The number of halogens is 5. The van der Waals surface area contributed by atoms with Crippen LogP contribution in [0.2, 0.25) is 10.0 Å². The third-order valence-electron chi connectivity index (χ3n) is 4.60. The minimum Gasteiger partial charge on any atom is -0.340 e. The molecule has 0 atom stereocenters. The average Bonchev–Trinajstić information content (AvgIpc) is 2.69. The summed E-state index contributed by atoms with van der Waals surface area (Å²) in [6.45, 7) is -0.150. The number of sulfonamides is 1. The molecule has 0 N–H and O–H groups in total. The van der Waals surface area contributed by atoms with E-state index in [0.29, 0.717) is 27.7 Å². The monoisotopic (exact) mass is 466 g/mol. The second kappa shape index (κ2) is 8.51. The number of piperazine rings is 1. The summed E-state index contributed by atoms with van der Waals surface area (Å²) in [4.78, 5) is 13.0. The molecule has 0 radical (unpaired) electrons. The van der Waals surface area contributed by atoms with Gasteiger partial charge >= 0.3 is 0 Å². The molecule has 1 heterocycles. The van der Waals surface area contributed by atoms with Crippen LogP contribution in [-0.2, 0) is 21.2 Å². The van der Waals surface area contributed by atoms with Gasteiger partial charge in [-0.1, -0.05) is 29.3 Å². The Labute approximate surface area is 175 Å². The summed E-state index contributed by atoms with van der Waals surface area (Å²) in [6.07, 6.45) is -0.0525. The van der Waals surface area contributed by atoms with Gasteiger partial charge in [-0.3, -0.25) is 4.79 Å². The van der Waals surface area contributed by atoms with E-state index in [1.54, 1.807) is 18.2 Å². The van der Waals surface area contributed by atoms with Crippen molar-refractivity contribution in [3.8, 4) is 0 Å². The summed E-state index contributed by atoms with van der Waals surface area (Å²) in [5.41, 5.74) is 0.472. The van der Waals surface area contributed by atoms with Crippen LogP contribution in [0.25, 0.3) is 0 Å².